The molecule has 1 N–H and O–H groups in total. The molecule has 2 fully saturated rings. The number of carbonyl (C=O) groups is 2. The number of hydrogen-bond acceptors (Lipinski definition) is 7. The van der Waals surface area contributed by atoms with E-state index in [2.05, 4.69) is 5.32 Å². The molecule has 3 rings (SSSR count). The number of esters is 1. The molecule has 1 saturated carbocycles. The van der Waals surface area contributed by atoms with Gasteiger partial charge in [-0.25, -0.2) is 0 Å². The van der Waals surface area contributed by atoms with E-state index < -0.39 is 21.8 Å². The largest absolute Gasteiger partial charge is 0.459 e. The fourth-order valence-electron chi connectivity index (χ4n) is 4.06. The zero-order chi connectivity index (χ0) is 21.4. The molecule has 8 heteroatoms. The van der Waals surface area contributed by atoms with Gasteiger partial charge in [0.2, 0.25) is 0 Å². The molecule has 29 heavy (non-hydrogen) atoms. The van der Waals surface area contributed by atoms with Crippen molar-refractivity contribution in [2.75, 3.05) is 13.2 Å². The van der Waals surface area contributed by atoms with Crippen LogP contribution >= 0.6 is 0 Å². The average molecular weight is 424 g/mol. The molecule has 0 amide bonds. The van der Waals surface area contributed by atoms with Crippen molar-refractivity contribution in [2.24, 2.45) is 17.8 Å². The first kappa shape index (κ1) is 21.9. The molecule has 0 aromatic heterocycles. The van der Waals surface area contributed by atoms with Crippen LogP contribution < -0.4 is 5.32 Å². The molecule has 160 valence electrons. The van der Waals surface area contributed by atoms with E-state index in [1.165, 1.54) is 12.1 Å². The third kappa shape index (κ3) is 5.24. The first-order valence-corrected chi connectivity index (χ1v) is 11.3. The molecule has 0 spiro atoms. The monoisotopic (exact) mass is 423 g/mol. The number of rotatable bonds is 5. The Labute approximate surface area is 172 Å². The number of nitrogens with one attached hydrogen (secondary N) is 1. The fourth-order valence-corrected chi connectivity index (χ4v) is 5.03. The standard InChI is InChI=1S/C21H29NO6S/c1-13-5-7-15(8-6-13)29(25,26)27-12-14-9-16-17(18(23)10-14)11-22-19(16)20(24)28-21(2,3)4/h5-8,14,16-17,19,22H,9-12H2,1-4H3. The number of Topliss-reactive ketones (excluding diaryl/α,β-unsaturated/α-hetero) is 1. The number of aryl methyl sites for hydroxylation is 1. The van der Waals surface area contributed by atoms with Gasteiger partial charge in [-0.1, -0.05) is 17.7 Å². The van der Waals surface area contributed by atoms with Crippen molar-refractivity contribution < 1.29 is 26.9 Å². The van der Waals surface area contributed by atoms with Gasteiger partial charge in [0.1, 0.15) is 17.4 Å². The smallest absolute Gasteiger partial charge is 0.323 e. The molecule has 0 radical (unpaired) electrons. The molecule has 7 nitrogen and oxygen atoms in total. The highest BCUT2D eigenvalue weighted by Crippen LogP contribution is 2.38. The summed E-state index contributed by atoms with van der Waals surface area (Å²) in [6, 6.07) is 5.87. The number of ether oxygens (including phenoxy) is 1. The van der Waals surface area contributed by atoms with Gasteiger partial charge in [-0.3, -0.25) is 13.8 Å². The van der Waals surface area contributed by atoms with Crippen LogP contribution in [0, 0.1) is 24.7 Å². The molecule has 2 aliphatic rings. The summed E-state index contributed by atoms with van der Waals surface area (Å²) < 4.78 is 35.6. The predicted molar refractivity (Wildman–Crippen MR) is 107 cm³/mol. The SMILES string of the molecule is Cc1ccc(S(=O)(=O)OCC2CC(=O)C3CNC(C(=O)OC(C)(C)C)C3C2)cc1. The van der Waals surface area contributed by atoms with Crippen LogP contribution in [0.5, 0.6) is 0 Å². The van der Waals surface area contributed by atoms with Crippen LogP contribution in [-0.2, 0) is 28.6 Å². The molecule has 1 aromatic rings. The van der Waals surface area contributed by atoms with E-state index >= 15 is 0 Å². The van der Waals surface area contributed by atoms with Gasteiger partial charge < -0.3 is 10.1 Å². The maximum absolute atomic E-state index is 12.6. The topological polar surface area (TPSA) is 98.8 Å². The van der Waals surface area contributed by atoms with Gasteiger partial charge in [-0.15, -0.1) is 0 Å². The van der Waals surface area contributed by atoms with Gasteiger partial charge in [-0.05, 0) is 58.1 Å². The van der Waals surface area contributed by atoms with E-state index in [1.807, 2.05) is 6.92 Å². The van der Waals surface area contributed by atoms with Crippen LogP contribution in [0.3, 0.4) is 0 Å². The summed E-state index contributed by atoms with van der Waals surface area (Å²) in [5.41, 5.74) is 0.343. The Morgan fingerprint density at radius 1 is 1.21 bits per heavy atom. The van der Waals surface area contributed by atoms with E-state index in [1.54, 1.807) is 32.9 Å². The van der Waals surface area contributed by atoms with Crippen LogP contribution in [0.15, 0.2) is 29.2 Å². The maximum atomic E-state index is 12.6. The second-order valence-corrected chi connectivity index (χ2v) is 10.6. The van der Waals surface area contributed by atoms with Crippen molar-refractivity contribution in [1.82, 2.24) is 5.32 Å². The highest BCUT2D eigenvalue weighted by Gasteiger charge is 2.48. The van der Waals surface area contributed by atoms with Gasteiger partial charge in [0.05, 0.1) is 11.5 Å². The normalized spacial score (nSPS) is 27.5. The van der Waals surface area contributed by atoms with Gasteiger partial charge in [0.15, 0.2) is 0 Å². The molecular formula is C21H29NO6S. The van der Waals surface area contributed by atoms with E-state index in [4.69, 9.17) is 8.92 Å². The quantitative estimate of drug-likeness (QED) is 0.573. The van der Waals surface area contributed by atoms with Gasteiger partial charge in [0.25, 0.3) is 10.1 Å². The number of fused-ring (bicyclic) bond motifs is 1. The maximum Gasteiger partial charge on any atom is 0.323 e. The Morgan fingerprint density at radius 2 is 1.86 bits per heavy atom. The first-order valence-electron chi connectivity index (χ1n) is 9.91. The van der Waals surface area contributed by atoms with Crippen molar-refractivity contribution in [3.8, 4) is 0 Å². The molecule has 1 aliphatic carbocycles. The number of ketones is 1. The van der Waals surface area contributed by atoms with E-state index in [9.17, 15) is 18.0 Å². The molecule has 4 unspecified atom stereocenters. The lowest BCUT2D eigenvalue weighted by Gasteiger charge is -2.32. The predicted octanol–water partition coefficient (Wildman–Crippen LogP) is 2.23. The third-order valence-corrected chi connectivity index (χ3v) is 6.74. The minimum Gasteiger partial charge on any atom is -0.459 e. The minimum absolute atomic E-state index is 0.0427. The Morgan fingerprint density at radius 3 is 2.48 bits per heavy atom. The van der Waals surface area contributed by atoms with E-state index in [0.717, 1.165) is 5.56 Å². The number of carbonyl (C=O) groups excluding carboxylic acids is 2. The zero-order valence-corrected chi connectivity index (χ0v) is 18.1. The van der Waals surface area contributed by atoms with Crippen molar-refractivity contribution >= 4 is 21.9 Å². The van der Waals surface area contributed by atoms with Gasteiger partial charge in [-0.2, -0.15) is 8.42 Å². The second-order valence-electron chi connectivity index (χ2n) is 9.01. The summed E-state index contributed by atoms with van der Waals surface area (Å²) >= 11 is 0. The molecule has 1 aliphatic heterocycles. The Hall–Kier alpha value is -1.77. The summed E-state index contributed by atoms with van der Waals surface area (Å²) in [6.07, 6.45) is 0.796. The molecule has 0 bridgehead atoms. The Kier molecular flexibility index (Phi) is 6.17. The molecule has 1 saturated heterocycles. The van der Waals surface area contributed by atoms with Crippen LogP contribution in [0.25, 0.3) is 0 Å². The first-order chi connectivity index (χ1) is 13.5. The number of hydrogen-bond donors (Lipinski definition) is 1. The Bertz CT molecular complexity index is 871. The molecular weight excluding hydrogens is 394 g/mol. The van der Waals surface area contributed by atoms with Gasteiger partial charge in [0, 0.05) is 18.9 Å². The lowest BCUT2D eigenvalue weighted by atomic mass is 9.73. The highest BCUT2D eigenvalue weighted by molar-refractivity contribution is 7.86. The van der Waals surface area contributed by atoms with Gasteiger partial charge >= 0.3 is 5.97 Å². The lowest BCUT2D eigenvalue weighted by molar-refractivity contribution is -0.158. The van der Waals surface area contributed by atoms with Crippen molar-refractivity contribution in [3.05, 3.63) is 29.8 Å². The van der Waals surface area contributed by atoms with Crippen molar-refractivity contribution in [1.29, 1.82) is 0 Å². The van der Waals surface area contributed by atoms with Crippen LogP contribution in [0.2, 0.25) is 0 Å². The zero-order valence-electron chi connectivity index (χ0n) is 17.3. The lowest BCUT2D eigenvalue weighted by Crippen LogP contribution is -2.43. The van der Waals surface area contributed by atoms with E-state index in [0.29, 0.717) is 13.0 Å². The van der Waals surface area contributed by atoms with Crippen LogP contribution in [0.4, 0.5) is 0 Å². The number of benzene rings is 1. The summed E-state index contributed by atoms with van der Waals surface area (Å²) in [7, 11) is -3.89. The van der Waals surface area contributed by atoms with Crippen LogP contribution in [0.1, 0.15) is 39.2 Å². The van der Waals surface area contributed by atoms with Crippen molar-refractivity contribution in [3.63, 3.8) is 0 Å². The summed E-state index contributed by atoms with van der Waals surface area (Å²) in [4.78, 5) is 25.2. The molecule has 1 heterocycles. The summed E-state index contributed by atoms with van der Waals surface area (Å²) in [6.45, 7) is 7.65. The highest BCUT2D eigenvalue weighted by atomic mass is 32.2. The Balaban J connectivity index is 1.65. The average Bonchev–Trinajstić information content (AvgIpc) is 3.04. The second kappa shape index (κ2) is 8.16. The third-order valence-electron chi connectivity index (χ3n) is 5.44. The van der Waals surface area contributed by atoms with E-state index in [-0.39, 0.29) is 47.4 Å². The molecule has 1 aromatic carbocycles. The summed E-state index contributed by atoms with van der Waals surface area (Å²) in [5.74, 6) is -1.03. The van der Waals surface area contributed by atoms with Crippen molar-refractivity contribution in [2.45, 2.75) is 57.1 Å². The van der Waals surface area contributed by atoms with Crippen LogP contribution in [-0.4, -0.2) is 45.0 Å². The fraction of sp³-hybridized carbons (Fsp3) is 0.619. The minimum atomic E-state index is -3.89. The summed E-state index contributed by atoms with van der Waals surface area (Å²) in [5, 5.41) is 3.12. The molecule has 4 atom stereocenters.